The Labute approximate surface area is 95.7 Å². The lowest BCUT2D eigenvalue weighted by Crippen LogP contribution is -2.18. The van der Waals surface area contributed by atoms with Crippen molar-refractivity contribution in [1.82, 2.24) is 9.55 Å². The van der Waals surface area contributed by atoms with E-state index in [0.717, 1.165) is 18.9 Å². The molecule has 0 spiro atoms. The maximum atomic E-state index is 4.37. The Hall–Kier alpha value is -0.640. The van der Waals surface area contributed by atoms with E-state index in [2.05, 4.69) is 39.8 Å². The molecule has 1 fully saturated rings. The zero-order chi connectivity index (χ0) is 10.5. The van der Waals surface area contributed by atoms with Gasteiger partial charge in [-0.1, -0.05) is 6.92 Å². The molecule has 0 aromatic carbocycles. The average molecular weight is 225 g/mol. The summed E-state index contributed by atoms with van der Waals surface area (Å²) in [5.41, 5.74) is 0. The van der Waals surface area contributed by atoms with Crippen LogP contribution in [-0.4, -0.2) is 27.6 Å². The number of imidazole rings is 1. The van der Waals surface area contributed by atoms with Crippen LogP contribution >= 0.6 is 11.8 Å². The van der Waals surface area contributed by atoms with E-state index < -0.39 is 0 Å². The van der Waals surface area contributed by atoms with Crippen molar-refractivity contribution in [3.8, 4) is 0 Å². The summed E-state index contributed by atoms with van der Waals surface area (Å²) in [6, 6.07) is 0.644. The highest BCUT2D eigenvalue weighted by atomic mass is 32.2. The first kappa shape index (κ1) is 10.9. The number of hydrogen-bond acceptors (Lipinski definition) is 3. The second kappa shape index (κ2) is 5.45. The molecular formula is C11H19N3S. The van der Waals surface area contributed by atoms with Gasteiger partial charge in [0.2, 0.25) is 5.95 Å². The molecule has 1 unspecified atom stereocenters. The Morgan fingerprint density at radius 1 is 1.67 bits per heavy atom. The van der Waals surface area contributed by atoms with E-state index in [-0.39, 0.29) is 0 Å². The number of thioether (sulfide) groups is 1. The highest BCUT2D eigenvalue weighted by Gasteiger charge is 2.17. The second-order valence-corrected chi connectivity index (χ2v) is 5.11. The van der Waals surface area contributed by atoms with Crippen molar-refractivity contribution in [3.63, 3.8) is 0 Å². The highest BCUT2D eigenvalue weighted by Crippen LogP contribution is 2.28. The largest absolute Gasteiger partial charge is 0.356 e. The van der Waals surface area contributed by atoms with Crippen LogP contribution in [0.25, 0.3) is 0 Å². The van der Waals surface area contributed by atoms with E-state index in [1.807, 2.05) is 6.20 Å². The monoisotopic (exact) mass is 225 g/mol. The van der Waals surface area contributed by atoms with Crippen molar-refractivity contribution in [2.24, 2.45) is 0 Å². The van der Waals surface area contributed by atoms with Crippen LogP contribution < -0.4 is 5.32 Å². The summed E-state index contributed by atoms with van der Waals surface area (Å²) in [4.78, 5) is 4.37. The van der Waals surface area contributed by atoms with E-state index >= 15 is 0 Å². The number of hydrogen-bond donors (Lipinski definition) is 1. The van der Waals surface area contributed by atoms with Gasteiger partial charge in [0.1, 0.15) is 0 Å². The molecule has 1 aliphatic heterocycles. The summed E-state index contributed by atoms with van der Waals surface area (Å²) in [6.07, 6.45) is 7.78. The topological polar surface area (TPSA) is 29.9 Å². The first-order valence-corrected chi connectivity index (χ1v) is 6.91. The molecule has 1 aromatic rings. The standard InChI is InChI=1S/C11H19N3S/c1-2-5-12-11-13-6-7-14(11)10-4-3-8-15-9-10/h6-7,10H,2-5,8-9H2,1H3,(H,12,13). The average Bonchev–Trinajstić information content (AvgIpc) is 2.75. The van der Waals surface area contributed by atoms with E-state index in [9.17, 15) is 0 Å². The van der Waals surface area contributed by atoms with Gasteiger partial charge in [0.05, 0.1) is 0 Å². The summed E-state index contributed by atoms with van der Waals surface area (Å²) >= 11 is 2.06. The van der Waals surface area contributed by atoms with Crippen LogP contribution in [0.15, 0.2) is 12.4 Å². The molecule has 0 amide bonds. The Morgan fingerprint density at radius 2 is 2.60 bits per heavy atom. The Morgan fingerprint density at radius 3 is 3.33 bits per heavy atom. The molecule has 15 heavy (non-hydrogen) atoms. The van der Waals surface area contributed by atoms with Crippen molar-refractivity contribution in [2.45, 2.75) is 32.2 Å². The van der Waals surface area contributed by atoms with Gasteiger partial charge in [-0.2, -0.15) is 11.8 Å². The fraction of sp³-hybridized carbons (Fsp3) is 0.727. The fourth-order valence-corrected chi connectivity index (χ4v) is 3.06. The predicted octanol–water partition coefficient (Wildman–Crippen LogP) is 2.77. The maximum Gasteiger partial charge on any atom is 0.203 e. The molecule has 1 saturated heterocycles. The lowest BCUT2D eigenvalue weighted by atomic mass is 10.2. The molecule has 0 radical (unpaired) electrons. The van der Waals surface area contributed by atoms with Gasteiger partial charge >= 0.3 is 0 Å². The van der Waals surface area contributed by atoms with Crippen molar-refractivity contribution < 1.29 is 0 Å². The zero-order valence-corrected chi connectivity index (χ0v) is 10.1. The summed E-state index contributed by atoms with van der Waals surface area (Å²) in [7, 11) is 0. The normalized spacial score (nSPS) is 21.5. The molecule has 4 heteroatoms. The molecule has 1 aliphatic rings. The van der Waals surface area contributed by atoms with Gasteiger partial charge in [0, 0.05) is 30.7 Å². The minimum absolute atomic E-state index is 0.644. The first-order valence-electron chi connectivity index (χ1n) is 5.76. The number of aromatic nitrogens is 2. The van der Waals surface area contributed by atoms with Gasteiger partial charge in [0.15, 0.2) is 0 Å². The SMILES string of the molecule is CCCNc1nccn1C1CCCSC1. The minimum Gasteiger partial charge on any atom is -0.356 e. The third kappa shape index (κ3) is 2.68. The summed E-state index contributed by atoms with van der Waals surface area (Å²) in [6.45, 7) is 3.19. The fourth-order valence-electron chi connectivity index (χ4n) is 1.92. The van der Waals surface area contributed by atoms with Crippen LogP contribution in [0.2, 0.25) is 0 Å². The molecule has 2 heterocycles. The van der Waals surface area contributed by atoms with Crippen molar-refractivity contribution >= 4 is 17.7 Å². The van der Waals surface area contributed by atoms with Crippen LogP contribution in [0.4, 0.5) is 5.95 Å². The molecular weight excluding hydrogens is 206 g/mol. The number of nitrogens with zero attached hydrogens (tertiary/aromatic N) is 2. The third-order valence-corrected chi connectivity index (χ3v) is 3.93. The van der Waals surface area contributed by atoms with E-state index in [1.54, 1.807) is 0 Å². The van der Waals surface area contributed by atoms with E-state index in [0.29, 0.717) is 6.04 Å². The van der Waals surface area contributed by atoms with Crippen LogP contribution in [0.5, 0.6) is 0 Å². The molecule has 1 aromatic heterocycles. The van der Waals surface area contributed by atoms with Gasteiger partial charge in [-0.25, -0.2) is 4.98 Å². The van der Waals surface area contributed by atoms with Crippen molar-refractivity contribution in [3.05, 3.63) is 12.4 Å². The summed E-state index contributed by atoms with van der Waals surface area (Å²) < 4.78 is 2.31. The number of rotatable bonds is 4. The third-order valence-electron chi connectivity index (χ3n) is 2.73. The van der Waals surface area contributed by atoms with Gasteiger partial charge in [0.25, 0.3) is 0 Å². The van der Waals surface area contributed by atoms with Gasteiger partial charge in [-0.3, -0.25) is 0 Å². The molecule has 3 nitrogen and oxygen atoms in total. The van der Waals surface area contributed by atoms with Crippen LogP contribution in [0.1, 0.15) is 32.2 Å². The lowest BCUT2D eigenvalue weighted by Gasteiger charge is -2.24. The zero-order valence-electron chi connectivity index (χ0n) is 9.28. The Kier molecular flexibility index (Phi) is 3.94. The van der Waals surface area contributed by atoms with Crippen LogP contribution in [0.3, 0.4) is 0 Å². The summed E-state index contributed by atoms with van der Waals surface area (Å²) in [5, 5.41) is 3.38. The first-order chi connectivity index (χ1) is 7.42. The van der Waals surface area contributed by atoms with Gasteiger partial charge in [-0.15, -0.1) is 0 Å². The smallest absolute Gasteiger partial charge is 0.203 e. The Bertz CT molecular complexity index is 292. The second-order valence-electron chi connectivity index (χ2n) is 3.96. The number of anilines is 1. The van der Waals surface area contributed by atoms with Gasteiger partial charge in [-0.05, 0) is 25.0 Å². The van der Waals surface area contributed by atoms with Crippen molar-refractivity contribution in [2.75, 3.05) is 23.4 Å². The quantitative estimate of drug-likeness (QED) is 0.854. The minimum atomic E-state index is 0.644. The summed E-state index contributed by atoms with van der Waals surface area (Å²) in [5.74, 6) is 3.60. The van der Waals surface area contributed by atoms with Gasteiger partial charge < -0.3 is 9.88 Å². The highest BCUT2D eigenvalue weighted by molar-refractivity contribution is 7.99. The lowest BCUT2D eigenvalue weighted by molar-refractivity contribution is 0.503. The molecule has 0 bridgehead atoms. The molecule has 0 aliphatic carbocycles. The number of nitrogens with one attached hydrogen (secondary N) is 1. The van der Waals surface area contributed by atoms with E-state index in [4.69, 9.17) is 0 Å². The maximum absolute atomic E-state index is 4.37. The van der Waals surface area contributed by atoms with E-state index in [1.165, 1.54) is 24.3 Å². The molecule has 0 saturated carbocycles. The molecule has 1 N–H and O–H groups in total. The van der Waals surface area contributed by atoms with Crippen LogP contribution in [0, 0.1) is 0 Å². The predicted molar refractivity (Wildman–Crippen MR) is 66.6 cm³/mol. The van der Waals surface area contributed by atoms with Crippen molar-refractivity contribution in [1.29, 1.82) is 0 Å². The molecule has 84 valence electrons. The molecule has 2 rings (SSSR count). The van der Waals surface area contributed by atoms with Crippen LogP contribution in [-0.2, 0) is 0 Å². The Balaban J connectivity index is 2.02. The molecule has 1 atom stereocenters.